The van der Waals surface area contributed by atoms with Gasteiger partial charge in [-0.05, 0) is 37.8 Å². The van der Waals surface area contributed by atoms with E-state index in [0.717, 1.165) is 36.9 Å². The molecule has 2 aliphatic heterocycles. The molecule has 0 aliphatic carbocycles. The second-order valence-corrected chi connectivity index (χ2v) is 6.69. The third-order valence-electron chi connectivity index (χ3n) is 4.77. The number of hydrogen-bond donors (Lipinski definition) is 2. The van der Waals surface area contributed by atoms with Gasteiger partial charge in [-0.3, -0.25) is 0 Å². The average molecular weight is 292 g/mol. The molecule has 4 heteroatoms. The normalized spacial score (nSPS) is 28.4. The van der Waals surface area contributed by atoms with E-state index in [2.05, 4.69) is 24.1 Å². The van der Waals surface area contributed by atoms with Crippen molar-refractivity contribution in [1.82, 2.24) is 5.32 Å². The molecular formula is C17H25FN2O. The van der Waals surface area contributed by atoms with Crippen LogP contribution in [0.5, 0.6) is 0 Å². The first-order chi connectivity index (χ1) is 10.1. The van der Waals surface area contributed by atoms with Crippen LogP contribution in [-0.4, -0.2) is 29.3 Å². The van der Waals surface area contributed by atoms with Crippen LogP contribution in [0, 0.1) is 5.82 Å². The van der Waals surface area contributed by atoms with Crippen molar-refractivity contribution in [1.29, 1.82) is 0 Å². The van der Waals surface area contributed by atoms with E-state index in [1.54, 1.807) is 12.1 Å². The van der Waals surface area contributed by atoms with Gasteiger partial charge in [0, 0.05) is 35.9 Å². The van der Waals surface area contributed by atoms with E-state index >= 15 is 0 Å². The lowest BCUT2D eigenvalue weighted by Crippen LogP contribution is -2.45. The summed E-state index contributed by atoms with van der Waals surface area (Å²) in [6, 6.07) is 6.42. The summed E-state index contributed by atoms with van der Waals surface area (Å²) in [6.07, 6.45) is 3.64. The topological polar surface area (TPSA) is 35.5 Å². The third-order valence-corrected chi connectivity index (χ3v) is 4.77. The third kappa shape index (κ3) is 2.92. The van der Waals surface area contributed by atoms with Crippen molar-refractivity contribution in [2.45, 2.75) is 70.3 Å². The molecule has 3 rings (SSSR count). The standard InChI is InChI=1S/C17H25FN2O/c1-11(2)19-10-15-16(18)4-3-5-17(15)20-12-6-7-13(20)9-14(21)8-12/h3-5,11-14,19,21H,6-10H2,1-2H3. The molecule has 2 unspecified atom stereocenters. The minimum absolute atomic E-state index is 0.133. The zero-order chi connectivity index (χ0) is 15.0. The molecule has 3 nitrogen and oxygen atoms in total. The number of halogens is 1. The molecule has 0 radical (unpaired) electrons. The Balaban J connectivity index is 1.90. The van der Waals surface area contributed by atoms with Gasteiger partial charge in [0.05, 0.1) is 6.10 Å². The Kier molecular flexibility index (Phi) is 4.18. The second-order valence-electron chi connectivity index (χ2n) is 6.69. The molecule has 0 spiro atoms. The number of nitrogens with zero attached hydrogens (tertiary/aromatic N) is 1. The molecule has 0 amide bonds. The summed E-state index contributed by atoms with van der Waals surface area (Å²) in [7, 11) is 0. The zero-order valence-corrected chi connectivity index (χ0v) is 12.8. The maximum Gasteiger partial charge on any atom is 0.129 e. The molecule has 2 heterocycles. The smallest absolute Gasteiger partial charge is 0.129 e. The summed E-state index contributed by atoms with van der Waals surface area (Å²) >= 11 is 0. The van der Waals surface area contributed by atoms with E-state index in [9.17, 15) is 9.50 Å². The number of hydrogen-bond acceptors (Lipinski definition) is 3. The Labute approximate surface area is 126 Å². The Morgan fingerprint density at radius 1 is 1.29 bits per heavy atom. The predicted molar refractivity (Wildman–Crippen MR) is 82.9 cm³/mol. The van der Waals surface area contributed by atoms with Crippen molar-refractivity contribution in [3.63, 3.8) is 0 Å². The number of fused-ring (bicyclic) bond motifs is 2. The molecule has 0 aromatic heterocycles. The highest BCUT2D eigenvalue weighted by atomic mass is 19.1. The van der Waals surface area contributed by atoms with Crippen LogP contribution in [0.1, 0.15) is 45.1 Å². The average Bonchev–Trinajstić information content (AvgIpc) is 2.69. The zero-order valence-electron chi connectivity index (χ0n) is 12.8. The van der Waals surface area contributed by atoms with Gasteiger partial charge < -0.3 is 15.3 Å². The molecule has 21 heavy (non-hydrogen) atoms. The van der Waals surface area contributed by atoms with E-state index in [1.807, 2.05) is 6.07 Å². The molecule has 2 aliphatic rings. The Hall–Kier alpha value is -1.13. The largest absolute Gasteiger partial charge is 0.393 e. The van der Waals surface area contributed by atoms with E-state index in [-0.39, 0.29) is 11.9 Å². The lowest BCUT2D eigenvalue weighted by molar-refractivity contribution is 0.126. The van der Waals surface area contributed by atoms with E-state index in [0.29, 0.717) is 24.7 Å². The first kappa shape index (κ1) is 14.8. The van der Waals surface area contributed by atoms with Crippen molar-refractivity contribution in [3.8, 4) is 0 Å². The fraction of sp³-hybridized carbons (Fsp3) is 0.647. The van der Waals surface area contributed by atoms with Crippen LogP contribution in [-0.2, 0) is 6.54 Å². The van der Waals surface area contributed by atoms with Gasteiger partial charge in [0.15, 0.2) is 0 Å². The highest BCUT2D eigenvalue weighted by Crippen LogP contribution is 2.41. The summed E-state index contributed by atoms with van der Waals surface area (Å²) in [4.78, 5) is 2.37. The Morgan fingerprint density at radius 3 is 2.57 bits per heavy atom. The van der Waals surface area contributed by atoms with E-state index in [1.165, 1.54) is 0 Å². The van der Waals surface area contributed by atoms with Gasteiger partial charge in [-0.25, -0.2) is 4.39 Å². The maximum absolute atomic E-state index is 14.3. The van der Waals surface area contributed by atoms with Gasteiger partial charge in [0.2, 0.25) is 0 Å². The maximum atomic E-state index is 14.3. The molecule has 0 saturated carbocycles. The van der Waals surface area contributed by atoms with E-state index in [4.69, 9.17) is 0 Å². The SMILES string of the molecule is CC(C)NCc1c(F)cccc1N1C2CCC1CC(O)C2. The number of piperidine rings is 1. The monoisotopic (exact) mass is 292 g/mol. The lowest BCUT2D eigenvalue weighted by Gasteiger charge is -2.40. The highest BCUT2D eigenvalue weighted by molar-refractivity contribution is 5.57. The van der Waals surface area contributed by atoms with Crippen LogP contribution in [0.15, 0.2) is 18.2 Å². The molecule has 2 N–H and O–H groups in total. The van der Waals surface area contributed by atoms with Gasteiger partial charge in [-0.15, -0.1) is 0 Å². The number of nitrogens with one attached hydrogen (secondary N) is 1. The fourth-order valence-electron chi connectivity index (χ4n) is 3.81. The van der Waals surface area contributed by atoms with Crippen molar-refractivity contribution >= 4 is 5.69 Å². The van der Waals surface area contributed by atoms with Crippen LogP contribution in [0.25, 0.3) is 0 Å². The Bertz CT molecular complexity index is 492. The molecule has 2 saturated heterocycles. The van der Waals surface area contributed by atoms with Crippen LogP contribution in [0.3, 0.4) is 0 Å². The second kappa shape index (κ2) is 5.93. The number of benzene rings is 1. The van der Waals surface area contributed by atoms with Gasteiger partial charge in [-0.1, -0.05) is 19.9 Å². The Morgan fingerprint density at radius 2 is 1.95 bits per heavy atom. The fourth-order valence-corrected chi connectivity index (χ4v) is 3.81. The predicted octanol–water partition coefficient (Wildman–Crippen LogP) is 2.82. The molecule has 1 aromatic carbocycles. The highest BCUT2D eigenvalue weighted by Gasteiger charge is 2.41. The van der Waals surface area contributed by atoms with Crippen LogP contribution < -0.4 is 10.2 Å². The molecule has 1 aromatic rings. The molecule has 2 bridgehead atoms. The van der Waals surface area contributed by atoms with Crippen LogP contribution >= 0.6 is 0 Å². The minimum Gasteiger partial charge on any atom is -0.393 e. The summed E-state index contributed by atoms with van der Waals surface area (Å²) in [5.74, 6) is -0.133. The summed E-state index contributed by atoms with van der Waals surface area (Å²) in [5, 5.41) is 13.3. The number of anilines is 1. The van der Waals surface area contributed by atoms with Crippen LogP contribution in [0.4, 0.5) is 10.1 Å². The summed E-state index contributed by atoms with van der Waals surface area (Å²) in [5.41, 5.74) is 1.78. The van der Waals surface area contributed by atoms with Gasteiger partial charge in [0.25, 0.3) is 0 Å². The van der Waals surface area contributed by atoms with Crippen LogP contribution in [0.2, 0.25) is 0 Å². The first-order valence-corrected chi connectivity index (χ1v) is 8.03. The van der Waals surface area contributed by atoms with Gasteiger partial charge >= 0.3 is 0 Å². The summed E-state index contributed by atoms with van der Waals surface area (Å²) < 4.78 is 14.3. The molecule has 2 fully saturated rings. The summed E-state index contributed by atoms with van der Waals surface area (Å²) in [6.45, 7) is 4.70. The van der Waals surface area contributed by atoms with Crippen molar-refractivity contribution in [3.05, 3.63) is 29.6 Å². The number of rotatable bonds is 4. The van der Waals surface area contributed by atoms with Crippen molar-refractivity contribution in [2.24, 2.45) is 0 Å². The van der Waals surface area contributed by atoms with Gasteiger partial charge in [-0.2, -0.15) is 0 Å². The quantitative estimate of drug-likeness (QED) is 0.896. The minimum atomic E-state index is -0.190. The van der Waals surface area contributed by atoms with E-state index < -0.39 is 0 Å². The molecule has 116 valence electrons. The first-order valence-electron chi connectivity index (χ1n) is 8.03. The van der Waals surface area contributed by atoms with Crippen molar-refractivity contribution in [2.75, 3.05) is 4.90 Å². The lowest BCUT2D eigenvalue weighted by atomic mass is 9.97. The molecular weight excluding hydrogens is 267 g/mol. The van der Waals surface area contributed by atoms with Gasteiger partial charge in [0.1, 0.15) is 5.82 Å². The number of aliphatic hydroxyl groups excluding tert-OH is 1. The molecule has 2 atom stereocenters. The number of aliphatic hydroxyl groups is 1. The van der Waals surface area contributed by atoms with Crippen molar-refractivity contribution < 1.29 is 9.50 Å².